The summed E-state index contributed by atoms with van der Waals surface area (Å²) >= 11 is 0. The van der Waals surface area contributed by atoms with Crippen LogP contribution in [0.4, 0.5) is 4.79 Å². The second-order valence-electron chi connectivity index (χ2n) is 5.53. The van der Waals surface area contributed by atoms with Gasteiger partial charge in [0, 0.05) is 0 Å². The van der Waals surface area contributed by atoms with Crippen LogP contribution in [0.3, 0.4) is 0 Å². The molecule has 1 aliphatic rings. The Hall–Kier alpha value is -2.50. The maximum atomic E-state index is 11.8. The van der Waals surface area contributed by atoms with Gasteiger partial charge in [0.15, 0.2) is 12.1 Å². The van der Waals surface area contributed by atoms with Crippen LogP contribution in [0, 0.1) is 0 Å². The van der Waals surface area contributed by atoms with Gasteiger partial charge in [0.1, 0.15) is 5.75 Å². The number of ether oxygens (including phenoxy) is 3. The van der Waals surface area contributed by atoms with Crippen LogP contribution in [0.25, 0.3) is 0 Å². The predicted molar refractivity (Wildman–Crippen MR) is 84.3 cm³/mol. The Balaban J connectivity index is 2.34. The number of allylic oxidation sites excluding steroid dienone is 2. The Morgan fingerprint density at radius 1 is 1.35 bits per heavy atom. The van der Waals surface area contributed by atoms with Crippen LogP contribution < -0.4 is 10.1 Å². The van der Waals surface area contributed by atoms with Gasteiger partial charge in [0.25, 0.3) is 0 Å². The van der Waals surface area contributed by atoms with Crippen LogP contribution >= 0.6 is 0 Å². The van der Waals surface area contributed by atoms with E-state index in [-0.39, 0.29) is 0 Å². The fourth-order valence-corrected chi connectivity index (χ4v) is 2.44. The van der Waals surface area contributed by atoms with E-state index >= 15 is 0 Å². The smallest absolute Gasteiger partial charge is 0.408 e. The van der Waals surface area contributed by atoms with Crippen molar-refractivity contribution >= 4 is 12.1 Å². The van der Waals surface area contributed by atoms with Crippen molar-refractivity contribution in [2.24, 2.45) is 0 Å². The Kier molecular flexibility index (Phi) is 5.26. The lowest BCUT2D eigenvalue weighted by Gasteiger charge is -2.17. The molecule has 1 N–H and O–H groups in total. The van der Waals surface area contributed by atoms with E-state index in [1.54, 1.807) is 13.2 Å². The van der Waals surface area contributed by atoms with Crippen molar-refractivity contribution in [3.8, 4) is 5.75 Å². The van der Waals surface area contributed by atoms with Crippen LogP contribution in [-0.4, -0.2) is 32.3 Å². The molecular weight excluding hydrogens is 298 g/mol. The van der Waals surface area contributed by atoms with E-state index in [0.717, 1.165) is 16.9 Å². The van der Waals surface area contributed by atoms with Crippen molar-refractivity contribution in [1.29, 1.82) is 0 Å². The molecule has 0 unspecified atom stereocenters. The van der Waals surface area contributed by atoms with Crippen molar-refractivity contribution in [3.05, 3.63) is 41.0 Å². The Bertz CT molecular complexity index is 634. The van der Waals surface area contributed by atoms with Crippen molar-refractivity contribution in [3.63, 3.8) is 0 Å². The average Bonchev–Trinajstić information content (AvgIpc) is 2.93. The van der Waals surface area contributed by atoms with Gasteiger partial charge in [0.2, 0.25) is 0 Å². The predicted octanol–water partition coefficient (Wildman–Crippen LogP) is 2.53. The first-order valence-electron chi connectivity index (χ1n) is 7.31. The highest BCUT2D eigenvalue weighted by Crippen LogP contribution is 2.31. The lowest BCUT2D eigenvalue weighted by atomic mass is 9.98. The highest BCUT2D eigenvalue weighted by atomic mass is 16.6. The van der Waals surface area contributed by atoms with Crippen LogP contribution in [0.1, 0.15) is 31.1 Å². The lowest BCUT2D eigenvalue weighted by molar-refractivity contribution is -0.144. The molecule has 1 heterocycles. The minimum Gasteiger partial charge on any atom is -0.496 e. The van der Waals surface area contributed by atoms with Crippen molar-refractivity contribution in [1.82, 2.24) is 5.32 Å². The molecule has 0 spiro atoms. The van der Waals surface area contributed by atoms with Gasteiger partial charge in [-0.15, -0.1) is 0 Å². The fourth-order valence-electron chi connectivity index (χ4n) is 2.44. The van der Waals surface area contributed by atoms with Crippen LogP contribution in [-0.2, 0) is 20.7 Å². The van der Waals surface area contributed by atoms with Crippen molar-refractivity contribution in [2.45, 2.75) is 32.4 Å². The quantitative estimate of drug-likeness (QED) is 0.667. The van der Waals surface area contributed by atoms with Gasteiger partial charge in [-0.25, -0.2) is 9.59 Å². The monoisotopic (exact) mass is 319 g/mol. The van der Waals surface area contributed by atoms with Gasteiger partial charge >= 0.3 is 12.1 Å². The van der Waals surface area contributed by atoms with E-state index in [0.29, 0.717) is 6.42 Å². The van der Waals surface area contributed by atoms with Gasteiger partial charge in [-0.05, 0) is 43.5 Å². The summed E-state index contributed by atoms with van der Waals surface area (Å²) in [5, 5.41) is 2.47. The molecule has 6 heteroatoms. The van der Waals surface area contributed by atoms with E-state index in [1.165, 1.54) is 12.7 Å². The summed E-state index contributed by atoms with van der Waals surface area (Å²) in [6.45, 7) is 4.04. The summed E-state index contributed by atoms with van der Waals surface area (Å²) in [6, 6.07) is 4.63. The minimum atomic E-state index is -0.850. The van der Waals surface area contributed by atoms with Gasteiger partial charge < -0.3 is 19.5 Å². The number of methoxy groups -OCH3 is 2. The summed E-state index contributed by atoms with van der Waals surface area (Å²) in [4.78, 5) is 23.3. The summed E-state index contributed by atoms with van der Waals surface area (Å²) < 4.78 is 15.3. The third-order valence-corrected chi connectivity index (χ3v) is 3.63. The Labute approximate surface area is 135 Å². The number of esters is 1. The third kappa shape index (κ3) is 3.83. The molecule has 0 aliphatic carbocycles. The van der Waals surface area contributed by atoms with E-state index in [4.69, 9.17) is 14.2 Å². The van der Waals surface area contributed by atoms with Gasteiger partial charge in [-0.2, -0.15) is 0 Å². The molecule has 1 saturated heterocycles. The molecule has 0 bridgehead atoms. The molecule has 6 nitrogen and oxygen atoms in total. The number of benzene rings is 1. The number of cyclic esters (lactones) is 1. The maximum absolute atomic E-state index is 11.8. The molecule has 0 radical (unpaired) electrons. The fraction of sp³-hybridized carbons (Fsp3) is 0.412. The number of carbonyl (C=O) groups is 2. The number of nitrogens with one attached hydrogen (secondary N) is 1. The molecule has 2 rings (SSSR count). The van der Waals surface area contributed by atoms with E-state index in [9.17, 15) is 9.59 Å². The number of carbonyl (C=O) groups excluding carboxylic acids is 2. The first-order chi connectivity index (χ1) is 11.0. The second-order valence-corrected chi connectivity index (χ2v) is 5.53. The molecule has 1 aliphatic heterocycles. The van der Waals surface area contributed by atoms with Crippen molar-refractivity contribution < 1.29 is 23.8 Å². The first-order valence-corrected chi connectivity index (χ1v) is 7.31. The van der Waals surface area contributed by atoms with E-state index in [1.807, 2.05) is 26.0 Å². The molecule has 2 atom stereocenters. The molecule has 124 valence electrons. The van der Waals surface area contributed by atoms with Crippen LogP contribution in [0.15, 0.2) is 29.8 Å². The number of amides is 1. The summed E-state index contributed by atoms with van der Waals surface area (Å²) in [5.41, 5.74) is 2.87. The van der Waals surface area contributed by atoms with Crippen molar-refractivity contribution in [2.75, 3.05) is 14.2 Å². The van der Waals surface area contributed by atoms with E-state index in [2.05, 4.69) is 11.4 Å². The number of hydrogen-bond acceptors (Lipinski definition) is 5. The highest BCUT2D eigenvalue weighted by Gasteiger charge is 2.41. The van der Waals surface area contributed by atoms with Crippen LogP contribution in [0.2, 0.25) is 0 Å². The molecule has 1 fully saturated rings. The zero-order chi connectivity index (χ0) is 17.0. The number of rotatable bonds is 5. The van der Waals surface area contributed by atoms with Gasteiger partial charge in [0.05, 0.1) is 14.2 Å². The first kappa shape index (κ1) is 16.9. The molecule has 1 amide bonds. The normalized spacial score (nSPS) is 19.6. The van der Waals surface area contributed by atoms with Gasteiger partial charge in [-0.3, -0.25) is 0 Å². The third-order valence-electron chi connectivity index (χ3n) is 3.63. The molecule has 1 aromatic carbocycles. The number of hydrogen-bond donors (Lipinski definition) is 1. The summed E-state index contributed by atoms with van der Waals surface area (Å²) in [5.74, 6) is 0.209. The summed E-state index contributed by atoms with van der Waals surface area (Å²) in [6.07, 6.45) is 1.42. The average molecular weight is 319 g/mol. The zero-order valence-electron chi connectivity index (χ0n) is 13.7. The molecule has 1 aromatic rings. The SMILES string of the molecule is COC(=O)[C@H]1NC(=O)O[C@H]1c1ccc(OC)c(CC=C(C)C)c1. The topological polar surface area (TPSA) is 73.9 Å². The molecule has 0 aromatic heterocycles. The largest absolute Gasteiger partial charge is 0.496 e. The number of alkyl carbamates (subject to hydrolysis) is 1. The standard InChI is InChI=1S/C17H21NO5/c1-10(2)5-6-11-9-12(7-8-13(11)21-3)15-14(16(19)22-4)18-17(20)23-15/h5,7-9,14-15H,6H2,1-4H3,(H,18,20)/t14-,15-/m0/s1. The minimum absolute atomic E-state index is 0.539. The molecule has 0 saturated carbocycles. The maximum Gasteiger partial charge on any atom is 0.408 e. The second kappa shape index (κ2) is 7.17. The molecule has 23 heavy (non-hydrogen) atoms. The lowest BCUT2D eigenvalue weighted by Crippen LogP contribution is -2.36. The van der Waals surface area contributed by atoms with E-state index < -0.39 is 24.2 Å². The Morgan fingerprint density at radius 3 is 2.70 bits per heavy atom. The Morgan fingerprint density at radius 2 is 2.09 bits per heavy atom. The summed E-state index contributed by atoms with van der Waals surface area (Å²) in [7, 11) is 2.88. The highest BCUT2D eigenvalue weighted by molar-refractivity contribution is 5.85. The molecular formula is C17H21NO5. The van der Waals surface area contributed by atoms with Crippen LogP contribution in [0.5, 0.6) is 5.75 Å². The zero-order valence-corrected chi connectivity index (χ0v) is 13.7. The van der Waals surface area contributed by atoms with Gasteiger partial charge in [-0.1, -0.05) is 17.7 Å².